The smallest absolute Gasteiger partial charge is 0.276 e. The second kappa shape index (κ2) is 11.6. The molecule has 0 aliphatic heterocycles. The van der Waals surface area contributed by atoms with Crippen molar-refractivity contribution in [2.45, 2.75) is 44.8 Å². The molecule has 3 aromatic rings. The summed E-state index contributed by atoms with van der Waals surface area (Å²) in [5.41, 5.74) is 5.18. The number of hydrogen-bond donors (Lipinski definition) is 1. The van der Waals surface area contributed by atoms with Crippen molar-refractivity contribution in [3.8, 4) is 11.4 Å². The van der Waals surface area contributed by atoms with E-state index in [0.29, 0.717) is 17.3 Å². The number of benzene rings is 2. The van der Waals surface area contributed by atoms with E-state index in [1.54, 1.807) is 24.3 Å². The monoisotopic (exact) mass is 492 g/mol. The Morgan fingerprint density at radius 2 is 1.89 bits per heavy atom. The van der Waals surface area contributed by atoms with Crippen molar-refractivity contribution in [1.29, 1.82) is 0 Å². The lowest BCUT2D eigenvalue weighted by atomic mass is 9.87. The van der Waals surface area contributed by atoms with Gasteiger partial charge < -0.3 is 4.57 Å². The molecule has 0 atom stereocenters. The first kappa shape index (κ1) is 25.8. The zero-order valence-electron chi connectivity index (χ0n) is 20.1. The van der Waals surface area contributed by atoms with Crippen molar-refractivity contribution in [3.63, 3.8) is 0 Å². The van der Waals surface area contributed by atoms with Crippen LogP contribution in [-0.2, 0) is 16.8 Å². The van der Waals surface area contributed by atoms with Crippen LogP contribution >= 0.6 is 11.8 Å². The number of nitrogens with zero attached hydrogens (tertiary/aromatic N) is 5. The zero-order chi connectivity index (χ0) is 25.4. The number of amides is 1. The van der Waals surface area contributed by atoms with Crippen LogP contribution in [0.4, 0.5) is 5.69 Å². The number of nitro benzene ring substituents is 1. The van der Waals surface area contributed by atoms with Gasteiger partial charge in [0.25, 0.3) is 11.6 Å². The van der Waals surface area contributed by atoms with Crippen LogP contribution in [0.15, 0.2) is 64.9 Å². The van der Waals surface area contributed by atoms with Gasteiger partial charge in [0.2, 0.25) is 0 Å². The van der Waals surface area contributed by atoms with E-state index >= 15 is 0 Å². The van der Waals surface area contributed by atoms with Crippen LogP contribution in [0.1, 0.15) is 38.8 Å². The Morgan fingerprint density at radius 3 is 2.54 bits per heavy atom. The molecule has 3 rings (SSSR count). The molecule has 1 amide bonds. The summed E-state index contributed by atoms with van der Waals surface area (Å²) in [5.74, 6) is 0.577. The first-order chi connectivity index (χ1) is 16.7. The van der Waals surface area contributed by atoms with Crippen molar-refractivity contribution >= 4 is 35.6 Å². The summed E-state index contributed by atoms with van der Waals surface area (Å²) in [6.07, 6.45) is 4.45. The van der Waals surface area contributed by atoms with Crippen LogP contribution < -0.4 is 5.43 Å². The molecular weight excluding hydrogens is 464 g/mol. The Kier molecular flexibility index (Phi) is 8.53. The Hall–Kier alpha value is -3.79. The number of carbonyl (C=O) groups is 1. The Bertz CT molecular complexity index is 1240. The zero-order valence-corrected chi connectivity index (χ0v) is 21.0. The molecule has 0 bridgehead atoms. The van der Waals surface area contributed by atoms with E-state index in [4.69, 9.17) is 0 Å². The van der Waals surface area contributed by atoms with Gasteiger partial charge in [-0.15, -0.1) is 10.2 Å². The lowest BCUT2D eigenvalue weighted by Gasteiger charge is -2.19. The highest BCUT2D eigenvalue weighted by Crippen LogP contribution is 2.27. The SMILES string of the molecule is CCn1c(SCC(=O)N/N=C\C=C\c2ccccc2[N+](=O)[O-])nnc1-c1ccc(C(C)(C)C)cc1. The van der Waals surface area contributed by atoms with E-state index < -0.39 is 4.92 Å². The van der Waals surface area contributed by atoms with E-state index in [1.165, 1.54) is 35.7 Å². The van der Waals surface area contributed by atoms with Crippen LogP contribution in [0.2, 0.25) is 0 Å². The molecule has 182 valence electrons. The second-order valence-corrected chi connectivity index (χ2v) is 9.60. The number of hydrazone groups is 1. The van der Waals surface area contributed by atoms with E-state index in [0.717, 1.165) is 11.4 Å². The van der Waals surface area contributed by atoms with Crippen LogP contribution in [0.3, 0.4) is 0 Å². The lowest BCUT2D eigenvalue weighted by Crippen LogP contribution is -2.19. The molecule has 10 heteroatoms. The topological polar surface area (TPSA) is 115 Å². The number of carbonyl (C=O) groups excluding carboxylic acids is 1. The number of allylic oxidation sites excluding steroid dienone is 1. The number of rotatable bonds is 9. The Labute approximate surface area is 208 Å². The molecule has 0 saturated carbocycles. The highest BCUT2D eigenvalue weighted by molar-refractivity contribution is 7.99. The fourth-order valence-electron chi connectivity index (χ4n) is 3.27. The maximum atomic E-state index is 12.2. The van der Waals surface area contributed by atoms with E-state index in [9.17, 15) is 14.9 Å². The predicted molar refractivity (Wildman–Crippen MR) is 139 cm³/mol. The number of aromatic nitrogens is 3. The fraction of sp³-hybridized carbons (Fsp3) is 0.280. The average molecular weight is 493 g/mol. The Morgan fingerprint density at radius 1 is 1.17 bits per heavy atom. The summed E-state index contributed by atoms with van der Waals surface area (Å²) in [4.78, 5) is 22.8. The number of para-hydroxylation sites is 1. The van der Waals surface area contributed by atoms with Crippen molar-refractivity contribution in [2.24, 2.45) is 5.10 Å². The predicted octanol–water partition coefficient (Wildman–Crippen LogP) is 5.08. The summed E-state index contributed by atoms with van der Waals surface area (Å²) in [7, 11) is 0. The summed E-state index contributed by atoms with van der Waals surface area (Å²) < 4.78 is 1.98. The summed E-state index contributed by atoms with van der Waals surface area (Å²) in [5, 5.41) is 24.1. The van der Waals surface area contributed by atoms with Gasteiger partial charge in [-0.05, 0) is 36.1 Å². The van der Waals surface area contributed by atoms with E-state index in [2.05, 4.69) is 53.6 Å². The molecule has 2 aromatic carbocycles. The van der Waals surface area contributed by atoms with Gasteiger partial charge in [-0.2, -0.15) is 5.10 Å². The largest absolute Gasteiger partial charge is 0.302 e. The number of nitro groups is 1. The van der Waals surface area contributed by atoms with Crippen LogP contribution in [0.5, 0.6) is 0 Å². The van der Waals surface area contributed by atoms with Crippen molar-refractivity contribution < 1.29 is 9.72 Å². The van der Waals surface area contributed by atoms with Crippen molar-refractivity contribution in [1.82, 2.24) is 20.2 Å². The molecule has 0 spiro atoms. The first-order valence-electron chi connectivity index (χ1n) is 11.1. The quantitative estimate of drug-likeness (QED) is 0.193. The number of thioether (sulfide) groups is 1. The molecule has 1 heterocycles. The molecule has 9 nitrogen and oxygen atoms in total. The van der Waals surface area contributed by atoms with Crippen molar-refractivity contribution in [2.75, 3.05) is 5.75 Å². The third-order valence-corrected chi connectivity index (χ3v) is 6.10. The Balaban J connectivity index is 1.57. The van der Waals surface area contributed by atoms with Crippen LogP contribution in [-0.4, -0.2) is 37.6 Å². The van der Waals surface area contributed by atoms with Gasteiger partial charge in [-0.1, -0.05) is 68.9 Å². The second-order valence-electron chi connectivity index (χ2n) is 8.65. The molecule has 0 radical (unpaired) electrons. The molecular formula is C25H28N6O3S. The van der Waals surface area contributed by atoms with Gasteiger partial charge in [0.05, 0.1) is 16.2 Å². The molecule has 0 unspecified atom stereocenters. The third-order valence-electron chi connectivity index (χ3n) is 5.13. The van der Waals surface area contributed by atoms with Gasteiger partial charge in [0, 0.05) is 24.4 Å². The minimum Gasteiger partial charge on any atom is -0.302 e. The minimum atomic E-state index is -0.447. The highest BCUT2D eigenvalue weighted by Gasteiger charge is 2.17. The molecule has 1 aromatic heterocycles. The van der Waals surface area contributed by atoms with Gasteiger partial charge in [-0.25, -0.2) is 5.43 Å². The van der Waals surface area contributed by atoms with Gasteiger partial charge in [0.1, 0.15) is 0 Å². The van der Waals surface area contributed by atoms with Gasteiger partial charge in [0.15, 0.2) is 11.0 Å². The van der Waals surface area contributed by atoms with Crippen molar-refractivity contribution in [3.05, 3.63) is 75.8 Å². The van der Waals surface area contributed by atoms with Crippen LogP contribution in [0, 0.1) is 10.1 Å². The summed E-state index contributed by atoms with van der Waals surface area (Å²) >= 11 is 1.28. The standard InChI is InChI=1S/C25H28N6O3S/c1-5-30-23(19-12-14-20(15-13-19)25(2,3)4)28-29-24(30)35-17-22(32)27-26-16-8-10-18-9-6-7-11-21(18)31(33)34/h6-16H,5,17H2,1-4H3,(H,27,32)/b10-8+,26-16-. The maximum Gasteiger partial charge on any atom is 0.276 e. The molecule has 0 fully saturated rings. The van der Waals surface area contributed by atoms with Gasteiger partial charge >= 0.3 is 0 Å². The maximum absolute atomic E-state index is 12.2. The third kappa shape index (κ3) is 6.86. The number of nitrogens with one attached hydrogen (secondary N) is 1. The normalized spacial score (nSPS) is 11.9. The van der Waals surface area contributed by atoms with Crippen LogP contribution in [0.25, 0.3) is 17.5 Å². The molecule has 0 aliphatic carbocycles. The lowest BCUT2D eigenvalue weighted by molar-refractivity contribution is -0.385. The van der Waals surface area contributed by atoms with E-state index in [1.807, 2.05) is 23.6 Å². The highest BCUT2D eigenvalue weighted by atomic mass is 32.2. The molecule has 1 N–H and O–H groups in total. The first-order valence-corrected chi connectivity index (χ1v) is 12.1. The summed E-state index contributed by atoms with van der Waals surface area (Å²) in [6, 6.07) is 14.7. The molecule has 0 saturated heterocycles. The van der Waals surface area contributed by atoms with E-state index in [-0.39, 0.29) is 22.8 Å². The molecule has 0 aliphatic rings. The average Bonchev–Trinajstić information content (AvgIpc) is 3.25. The molecule has 35 heavy (non-hydrogen) atoms. The summed E-state index contributed by atoms with van der Waals surface area (Å²) in [6.45, 7) is 9.19. The number of hydrogen-bond acceptors (Lipinski definition) is 7. The van der Waals surface area contributed by atoms with Gasteiger partial charge in [-0.3, -0.25) is 14.9 Å². The fourth-order valence-corrected chi connectivity index (χ4v) is 4.06. The minimum absolute atomic E-state index is 0.00198.